The minimum atomic E-state index is 0.195. The van der Waals surface area contributed by atoms with Crippen LogP contribution in [-0.4, -0.2) is 28.1 Å². The standard InChI is InChI=1S/C12H21N5O/c1-2-8-18-12-16-10(13)15-11(17-12)14-7-3-4-9-5-6-9/h9H,2-8H2,1H3,(H3,13,14,15,16,17). The van der Waals surface area contributed by atoms with Crippen molar-refractivity contribution in [3.63, 3.8) is 0 Å². The van der Waals surface area contributed by atoms with E-state index in [4.69, 9.17) is 10.5 Å². The van der Waals surface area contributed by atoms with E-state index in [2.05, 4.69) is 20.3 Å². The number of nitrogens with two attached hydrogens (primary N) is 1. The lowest BCUT2D eigenvalue weighted by Gasteiger charge is -2.07. The van der Waals surface area contributed by atoms with Gasteiger partial charge in [-0.15, -0.1) is 0 Å². The maximum atomic E-state index is 5.61. The maximum Gasteiger partial charge on any atom is 0.323 e. The molecule has 0 spiro atoms. The molecule has 0 aromatic carbocycles. The Morgan fingerprint density at radius 2 is 2.17 bits per heavy atom. The fourth-order valence-corrected chi connectivity index (χ4v) is 1.71. The lowest BCUT2D eigenvalue weighted by molar-refractivity contribution is 0.292. The first-order valence-corrected chi connectivity index (χ1v) is 6.66. The Morgan fingerprint density at radius 3 is 2.89 bits per heavy atom. The van der Waals surface area contributed by atoms with Crippen LogP contribution in [0.1, 0.15) is 39.0 Å². The van der Waals surface area contributed by atoms with E-state index in [1.54, 1.807) is 0 Å². The molecule has 1 aromatic heterocycles. The van der Waals surface area contributed by atoms with Crippen LogP contribution in [0.15, 0.2) is 0 Å². The van der Waals surface area contributed by atoms with Crippen molar-refractivity contribution in [1.82, 2.24) is 15.0 Å². The zero-order valence-electron chi connectivity index (χ0n) is 10.9. The third kappa shape index (κ3) is 4.35. The molecule has 0 aliphatic heterocycles. The van der Waals surface area contributed by atoms with Gasteiger partial charge in [0.15, 0.2) is 0 Å². The van der Waals surface area contributed by atoms with Gasteiger partial charge in [0.2, 0.25) is 11.9 Å². The van der Waals surface area contributed by atoms with Crippen molar-refractivity contribution >= 4 is 11.9 Å². The number of nitrogens with one attached hydrogen (secondary N) is 1. The molecule has 1 aliphatic carbocycles. The van der Waals surface area contributed by atoms with Crippen molar-refractivity contribution in [1.29, 1.82) is 0 Å². The van der Waals surface area contributed by atoms with E-state index in [0.717, 1.165) is 25.3 Å². The Labute approximate surface area is 107 Å². The average molecular weight is 251 g/mol. The highest BCUT2D eigenvalue weighted by Crippen LogP contribution is 2.33. The van der Waals surface area contributed by atoms with Crippen molar-refractivity contribution < 1.29 is 4.74 Å². The second kappa shape index (κ2) is 6.37. The minimum Gasteiger partial charge on any atom is -0.463 e. The van der Waals surface area contributed by atoms with E-state index in [1.807, 2.05) is 6.92 Å². The van der Waals surface area contributed by atoms with Crippen molar-refractivity contribution in [2.45, 2.75) is 39.0 Å². The molecule has 0 radical (unpaired) electrons. The summed E-state index contributed by atoms with van der Waals surface area (Å²) < 4.78 is 5.35. The number of aromatic nitrogens is 3. The van der Waals surface area contributed by atoms with E-state index in [9.17, 15) is 0 Å². The number of anilines is 2. The monoisotopic (exact) mass is 251 g/mol. The Balaban J connectivity index is 1.79. The molecule has 1 fully saturated rings. The van der Waals surface area contributed by atoms with Gasteiger partial charge in [-0.3, -0.25) is 0 Å². The Bertz CT molecular complexity index is 381. The SMILES string of the molecule is CCCOc1nc(N)nc(NCCCC2CC2)n1. The highest BCUT2D eigenvalue weighted by Gasteiger charge is 2.20. The average Bonchev–Trinajstić information content (AvgIpc) is 3.15. The highest BCUT2D eigenvalue weighted by molar-refractivity contribution is 5.32. The zero-order chi connectivity index (χ0) is 12.8. The minimum absolute atomic E-state index is 0.195. The molecule has 0 atom stereocenters. The second-order valence-corrected chi connectivity index (χ2v) is 4.66. The van der Waals surface area contributed by atoms with Crippen LogP contribution in [0.2, 0.25) is 0 Å². The molecule has 0 saturated heterocycles. The van der Waals surface area contributed by atoms with Crippen LogP contribution in [-0.2, 0) is 0 Å². The Kier molecular flexibility index (Phi) is 4.55. The fourth-order valence-electron chi connectivity index (χ4n) is 1.71. The molecule has 1 heterocycles. The number of rotatable bonds is 8. The van der Waals surface area contributed by atoms with Gasteiger partial charge in [-0.05, 0) is 25.2 Å². The highest BCUT2D eigenvalue weighted by atomic mass is 16.5. The van der Waals surface area contributed by atoms with Gasteiger partial charge < -0.3 is 15.8 Å². The normalized spacial score (nSPS) is 14.5. The van der Waals surface area contributed by atoms with Crippen LogP contribution < -0.4 is 15.8 Å². The van der Waals surface area contributed by atoms with Crippen LogP contribution in [0.25, 0.3) is 0 Å². The lowest BCUT2D eigenvalue weighted by Crippen LogP contribution is -2.10. The molecule has 3 N–H and O–H groups in total. The first-order chi connectivity index (χ1) is 8.78. The molecule has 6 nitrogen and oxygen atoms in total. The first-order valence-electron chi connectivity index (χ1n) is 6.66. The number of ether oxygens (including phenoxy) is 1. The molecule has 0 bridgehead atoms. The topological polar surface area (TPSA) is 86.0 Å². The van der Waals surface area contributed by atoms with E-state index >= 15 is 0 Å². The summed E-state index contributed by atoms with van der Waals surface area (Å²) >= 11 is 0. The van der Waals surface area contributed by atoms with Gasteiger partial charge in [0.05, 0.1) is 6.61 Å². The van der Waals surface area contributed by atoms with Gasteiger partial charge in [-0.2, -0.15) is 15.0 Å². The zero-order valence-corrected chi connectivity index (χ0v) is 10.9. The smallest absolute Gasteiger partial charge is 0.323 e. The van der Waals surface area contributed by atoms with Crippen LogP contribution in [0, 0.1) is 5.92 Å². The molecule has 6 heteroatoms. The summed E-state index contributed by atoms with van der Waals surface area (Å²) in [4.78, 5) is 12.1. The van der Waals surface area contributed by atoms with Gasteiger partial charge in [0, 0.05) is 6.54 Å². The van der Waals surface area contributed by atoms with Gasteiger partial charge in [0.25, 0.3) is 0 Å². The summed E-state index contributed by atoms with van der Waals surface area (Å²) in [5.41, 5.74) is 5.61. The fraction of sp³-hybridized carbons (Fsp3) is 0.750. The van der Waals surface area contributed by atoms with Crippen molar-refractivity contribution in [2.75, 3.05) is 24.2 Å². The molecule has 2 rings (SSSR count). The number of nitrogen functional groups attached to an aromatic ring is 1. The third-order valence-electron chi connectivity index (χ3n) is 2.84. The number of hydrogen-bond donors (Lipinski definition) is 2. The summed E-state index contributed by atoms with van der Waals surface area (Å²) in [6.45, 7) is 3.49. The molecule has 1 aromatic rings. The second-order valence-electron chi connectivity index (χ2n) is 4.66. The van der Waals surface area contributed by atoms with Crippen LogP contribution in [0.3, 0.4) is 0 Å². The lowest BCUT2D eigenvalue weighted by atomic mass is 10.2. The van der Waals surface area contributed by atoms with Crippen LogP contribution >= 0.6 is 0 Å². The largest absolute Gasteiger partial charge is 0.463 e. The van der Waals surface area contributed by atoms with Crippen molar-refractivity contribution in [3.05, 3.63) is 0 Å². The van der Waals surface area contributed by atoms with Crippen LogP contribution in [0.4, 0.5) is 11.9 Å². The summed E-state index contributed by atoms with van der Waals surface area (Å²) in [7, 11) is 0. The van der Waals surface area contributed by atoms with Gasteiger partial charge in [0.1, 0.15) is 0 Å². The van der Waals surface area contributed by atoms with Crippen molar-refractivity contribution in [3.8, 4) is 6.01 Å². The predicted octanol–water partition coefficient (Wildman–Crippen LogP) is 1.84. The van der Waals surface area contributed by atoms with E-state index in [0.29, 0.717) is 18.6 Å². The van der Waals surface area contributed by atoms with E-state index in [-0.39, 0.29) is 5.95 Å². The maximum absolute atomic E-state index is 5.61. The van der Waals surface area contributed by atoms with Crippen molar-refractivity contribution in [2.24, 2.45) is 5.92 Å². The Morgan fingerprint density at radius 1 is 1.33 bits per heavy atom. The third-order valence-corrected chi connectivity index (χ3v) is 2.84. The quantitative estimate of drug-likeness (QED) is 0.686. The van der Waals surface area contributed by atoms with Gasteiger partial charge >= 0.3 is 6.01 Å². The van der Waals surface area contributed by atoms with E-state index in [1.165, 1.54) is 19.3 Å². The van der Waals surface area contributed by atoms with Gasteiger partial charge in [-0.1, -0.05) is 19.8 Å². The molecule has 1 aliphatic rings. The summed E-state index contributed by atoms with van der Waals surface area (Å²) in [6.07, 6.45) is 6.13. The molecule has 0 unspecified atom stereocenters. The molecule has 100 valence electrons. The molecule has 0 amide bonds. The van der Waals surface area contributed by atoms with Crippen LogP contribution in [0.5, 0.6) is 6.01 Å². The van der Waals surface area contributed by atoms with E-state index < -0.39 is 0 Å². The number of nitrogens with zero attached hydrogens (tertiary/aromatic N) is 3. The molecular formula is C12H21N5O. The van der Waals surface area contributed by atoms with Gasteiger partial charge in [-0.25, -0.2) is 0 Å². The molecular weight excluding hydrogens is 230 g/mol. The first kappa shape index (κ1) is 12.9. The Hall–Kier alpha value is -1.59. The molecule has 18 heavy (non-hydrogen) atoms. The molecule has 1 saturated carbocycles. The summed E-state index contributed by atoms with van der Waals surface area (Å²) in [6, 6.07) is 0.300. The summed E-state index contributed by atoms with van der Waals surface area (Å²) in [5, 5.41) is 3.16. The predicted molar refractivity (Wildman–Crippen MR) is 70.5 cm³/mol. The number of hydrogen-bond acceptors (Lipinski definition) is 6. The summed E-state index contributed by atoms with van der Waals surface area (Å²) in [5.74, 6) is 1.66.